The molecule has 3 heterocycles. The largest absolute Gasteiger partial charge is 0.377 e. The highest BCUT2D eigenvalue weighted by molar-refractivity contribution is 7.15. The summed E-state index contributed by atoms with van der Waals surface area (Å²) in [7, 11) is 0. The number of thiophene rings is 1. The van der Waals surface area contributed by atoms with Crippen LogP contribution in [0.2, 0.25) is 5.02 Å². The van der Waals surface area contributed by atoms with Gasteiger partial charge in [0.15, 0.2) is 5.82 Å². The molecule has 4 rings (SSSR count). The SMILES string of the molecule is CC(=O)NCCOCCOCc1sc2c(c1C)C(c1ccc(Cl)cc1)=NCc1nnc(C)n1-2. The monoisotopic (exact) mass is 487 g/mol. The summed E-state index contributed by atoms with van der Waals surface area (Å²) in [5, 5.41) is 13.1. The number of hydrogen-bond acceptors (Lipinski definition) is 7. The number of aliphatic imine (C=N–C) groups is 1. The Morgan fingerprint density at radius 1 is 1.15 bits per heavy atom. The summed E-state index contributed by atoms with van der Waals surface area (Å²) in [6.45, 7) is 8.38. The molecule has 10 heteroatoms. The number of nitrogens with one attached hydrogen (secondary N) is 1. The molecule has 1 aliphatic rings. The summed E-state index contributed by atoms with van der Waals surface area (Å²) in [6, 6.07) is 7.76. The van der Waals surface area contributed by atoms with Crippen LogP contribution >= 0.6 is 22.9 Å². The molecule has 1 aromatic carbocycles. The lowest BCUT2D eigenvalue weighted by atomic mass is 10.00. The number of fused-ring (bicyclic) bond motifs is 3. The Bertz CT molecular complexity index is 1170. The molecule has 0 saturated heterocycles. The highest BCUT2D eigenvalue weighted by atomic mass is 35.5. The molecule has 33 heavy (non-hydrogen) atoms. The van der Waals surface area contributed by atoms with E-state index in [1.807, 2.05) is 31.2 Å². The van der Waals surface area contributed by atoms with Gasteiger partial charge >= 0.3 is 0 Å². The van der Waals surface area contributed by atoms with Crippen molar-refractivity contribution in [3.63, 3.8) is 0 Å². The number of aromatic nitrogens is 3. The summed E-state index contributed by atoms with van der Waals surface area (Å²) in [5.41, 5.74) is 4.15. The van der Waals surface area contributed by atoms with Crippen LogP contribution in [0.1, 0.15) is 40.1 Å². The molecule has 0 spiro atoms. The second-order valence-electron chi connectivity index (χ2n) is 7.65. The van der Waals surface area contributed by atoms with E-state index in [4.69, 9.17) is 26.1 Å². The number of rotatable bonds is 9. The molecular weight excluding hydrogens is 462 g/mol. The van der Waals surface area contributed by atoms with Crippen molar-refractivity contribution in [1.29, 1.82) is 0 Å². The van der Waals surface area contributed by atoms with Crippen LogP contribution < -0.4 is 5.32 Å². The molecule has 0 fully saturated rings. The van der Waals surface area contributed by atoms with Crippen molar-refractivity contribution >= 4 is 34.6 Å². The van der Waals surface area contributed by atoms with Crippen molar-refractivity contribution in [3.8, 4) is 5.00 Å². The third-order valence-electron chi connectivity index (χ3n) is 5.28. The van der Waals surface area contributed by atoms with E-state index in [1.54, 1.807) is 11.3 Å². The van der Waals surface area contributed by atoms with Crippen molar-refractivity contribution in [2.24, 2.45) is 4.99 Å². The molecule has 0 unspecified atom stereocenters. The Balaban J connectivity index is 1.53. The van der Waals surface area contributed by atoms with Gasteiger partial charge in [-0.15, -0.1) is 21.5 Å². The Kier molecular flexibility index (Phi) is 7.54. The predicted molar refractivity (Wildman–Crippen MR) is 129 cm³/mol. The molecule has 0 saturated carbocycles. The van der Waals surface area contributed by atoms with Gasteiger partial charge in [-0.2, -0.15) is 0 Å². The summed E-state index contributed by atoms with van der Waals surface area (Å²) < 4.78 is 13.5. The number of carbonyl (C=O) groups excluding carboxylic acids is 1. The molecular formula is C23H26ClN5O3S. The van der Waals surface area contributed by atoms with Crippen LogP contribution in [0.5, 0.6) is 0 Å². The van der Waals surface area contributed by atoms with Gasteiger partial charge in [-0.3, -0.25) is 14.4 Å². The average Bonchev–Trinajstić information content (AvgIpc) is 3.25. The van der Waals surface area contributed by atoms with E-state index in [9.17, 15) is 4.79 Å². The quantitative estimate of drug-likeness (QED) is 0.465. The van der Waals surface area contributed by atoms with Crippen LogP contribution in [0.3, 0.4) is 0 Å². The maximum absolute atomic E-state index is 10.9. The first-order valence-corrected chi connectivity index (χ1v) is 11.9. The minimum absolute atomic E-state index is 0.0595. The second-order valence-corrected chi connectivity index (χ2v) is 9.17. The highest BCUT2D eigenvalue weighted by Gasteiger charge is 2.27. The van der Waals surface area contributed by atoms with Crippen molar-refractivity contribution in [2.75, 3.05) is 26.4 Å². The first-order chi connectivity index (χ1) is 16.0. The Hall–Kier alpha value is -2.59. The molecule has 0 aliphatic carbocycles. The Morgan fingerprint density at radius 3 is 2.67 bits per heavy atom. The lowest BCUT2D eigenvalue weighted by molar-refractivity contribution is -0.119. The molecule has 1 N–H and O–H groups in total. The summed E-state index contributed by atoms with van der Waals surface area (Å²) in [5.74, 6) is 1.59. The van der Waals surface area contributed by atoms with Crippen molar-refractivity contribution < 1.29 is 14.3 Å². The third kappa shape index (κ3) is 5.33. The molecule has 0 atom stereocenters. The highest BCUT2D eigenvalue weighted by Crippen LogP contribution is 2.37. The van der Waals surface area contributed by atoms with E-state index in [-0.39, 0.29) is 5.91 Å². The van der Waals surface area contributed by atoms with E-state index >= 15 is 0 Å². The number of halogens is 1. The zero-order valence-electron chi connectivity index (χ0n) is 18.9. The second kappa shape index (κ2) is 10.6. The molecule has 1 aliphatic heterocycles. The number of aryl methyl sites for hydroxylation is 1. The number of benzene rings is 1. The van der Waals surface area contributed by atoms with Gasteiger partial charge in [0.2, 0.25) is 5.91 Å². The molecule has 3 aromatic rings. The van der Waals surface area contributed by atoms with Gasteiger partial charge in [-0.25, -0.2) is 0 Å². The van der Waals surface area contributed by atoms with Crippen LogP contribution in [0.25, 0.3) is 5.00 Å². The van der Waals surface area contributed by atoms with E-state index in [2.05, 4.69) is 27.0 Å². The van der Waals surface area contributed by atoms with Crippen LogP contribution in [0, 0.1) is 13.8 Å². The van der Waals surface area contributed by atoms with Gasteiger partial charge in [0.05, 0.1) is 32.1 Å². The average molecular weight is 488 g/mol. The molecule has 8 nitrogen and oxygen atoms in total. The van der Waals surface area contributed by atoms with E-state index < -0.39 is 0 Å². The van der Waals surface area contributed by atoms with Crippen LogP contribution in [-0.4, -0.2) is 52.7 Å². The lowest BCUT2D eigenvalue weighted by Gasteiger charge is -2.09. The third-order valence-corrected chi connectivity index (χ3v) is 6.78. The van der Waals surface area contributed by atoms with Gasteiger partial charge < -0.3 is 14.8 Å². The maximum Gasteiger partial charge on any atom is 0.216 e. The van der Waals surface area contributed by atoms with Crippen molar-refractivity contribution in [1.82, 2.24) is 20.1 Å². The minimum atomic E-state index is -0.0595. The van der Waals surface area contributed by atoms with Gasteiger partial charge in [0.1, 0.15) is 17.4 Å². The number of hydrogen-bond donors (Lipinski definition) is 1. The predicted octanol–water partition coefficient (Wildman–Crippen LogP) is 3.62. The fourth-order valence-electron chi connectivity index (χ4n) is 3.65. The fraction of sp³-hybridized carbons (Fsp3) is 0.391. The number of amides is 1. The van der Waals surface area contributed by atoms with Crippen molar-refractivity contribution in [2.45, 2.75) is 33.9 Å². The minimum Gasteiger partial charge on any atom is -0.377 e. The van der Waals surface area contributed by atoms with Gasteiger partial charge in [-0.05, 0) is 31.5 Å². The number of nitrogens with zero attached hydrogens (tertiary/aromatic N) is 4. The first kappa shape index (κ1) is 23.6. The van der Waals surface area contributed by atoms with Gasteiger partial charge in [0.25, 0.3) is 0 Å². The number of ether oxygens (including phenoxy) is 2. The van der Waals surface area contributed by atoms with Crippen molar-refractivity contribution in [3.05, 3.63) is 62.5 Å². The normalized spacial score (nSPS) is 12.7. The van der Waals surface area contributed by atoms with E-state index in [0.29, 0.717) is 44.5 Å². The standard InChI is InChI=1S/C23H26ClN5O3S/c1-14-19(13-32-11-10-31-9-8-25-16(3)30)33-23-21(14)22(17-4-6-18(24)7-5-17)26-12-20-28-27-15(2)29(20)23/h4-7H,8-13H2,1-3H3,(H,25,30). The maximum atomic E-state index is 10.9. The summed E-state index contributed by atoms with van der Waals surface area (Å²) in [6.07, 6.45) is 0. The molecule has 0 bridgehead atoms. The molecule has 2 aromatic heterocycles. The lowest BCUT2D eigenvalue weighted by Crippen LogP contribution is -2.24. The molecule has 174 valence electrons. The molecule has 1 amide bonds. The van der Waals surface area contributed by atoms with Gasteiger partial charge in [0, 0.05) is 34.5 Å². The summed E-state index contributed by atoms with van der Waals surface area (Å²) >= 11 is 7.79. The zero-order valence-corrected chi connectivity index (χ0v) is 20.4. The molecule has 0 radical (unpaired) electrons. The number of carbonyl (C=O) groups is 1. The van der Waals surface area contributed by atoms with Crippen LogP contribution in [-0.2, 0) is 27.4 Å². The smallest absolute Gasteiger partial charge is 0.216 e. The fourth-order valence-corrected chi connectivity index (χ4v) is 5.08. The van der Waals surface area contributed by atoms with Crippen LogP contribution in [0.15, 0.2) is 29.3 Å². The Labute approximate surface area is 201 Å². The topological polar surface area (TPSA) is 90.6 Å². The van der Waals surface area contributed by atoms with E-state index in [0.717, 1.165) is 43.9 Å². The van der Waals surface area contributed by atoms with E-state index in [1.165, 1.54) is 6.92 Å². The Morgan fingerprint density at radius 2 is 1.91 bits per heavy atom. The van der Waals surface area contributed by atoms with Gasteiger partial charge in [-0.1, -0.05) is 23.7 Å². The van der Waals surface area contributed by atoms with Crippen LogP contribution in [0.4, 0.5) is 0 Å². The summed E-state index contributed by atoms with van der Waals surface area (Å²) in [4.78, 5) is 16.9. The zero-order chi connectivity index (χ0) is 23.4. The first-order valence-electron chi connectivity index (χ1n) is 10.7.